The van der Waals surface area contributed by atoms with Gasteiger partial charge in [-0.1, -0.05) is 24.3 Å². The number of benzene rings is 2. The Bertz CT molecular complexity index is 734. The van der Waals surface area contributed by atoms with Gasteiger partial charge in [-0.25, -0.2) is 8.78 Å². The van der Waals surface area contributed by atoms with Crippen molar-refractivity contribution in [3.05, 3.63) is 71.3 Å². The highest BCUT2D eigenvalue weighted by molar-refractivity contribution is 6.09. The van der Waals surface area contributed by atoms with Gasteiger partial charge < -0.3 is 5.32 Å². The van der Waals surface area contributed by atoms with Crippen molar-refractivity contribution in [3.63, 3.8) is 0 Å². The molecule has 0 aliphatic rings. The lowest BCUT2D eigenvalue weighted by Crippen LogP contribution is -2.13. The second-order valence-corrected chi connectivity index (χ2v) is 4.16. The Morgan fingerprint density at radius 1 is 1.10 bits per heavy atom. The van der Waals surface area contributed by atoms with Crippen molar-refractivity contribution >= 4 is 17.7 Å². The fourth-order valence-corrected chi connectivity index (χ4v) is 1.64. The molecule has 0 saturated heterocycles. The molecule has 1 amide bonds. The van der Waals surface area contributed by atoms with E-state index in [0.29, 0.717) is 5.69 Å². The van der Waals surface area contributed by atoms with Crippen molar-refractivity contribution in [2.75, 3.05) is 5.32 Å². The van der Waals surface area contributed by atoms with Crippen LogP contribution < -0.4 is 5.32 Å². The Morgan fingerprint density at radius 3 is 2.43 bits per heavy atom. The number of anilines is 1. The first-order chi connectivity index (χ1) is 10.1. The van der Waals surface area contributed by atoms with Gasteiger partial charge in [0, 0.05) is 5.69 Å². The predicted molar refractivity (Wildman–Crippen MR) is 75.0 cm³/mol. The third-order valence-corrected chi connectivity index (χ3v) is 2.65. The van der Waals surface area contributed by atoms with Crippen LogP contribution in [0.3, 0.4) is 0 Å². The van der Waals surface area contributed by atoms with E-state index in [2.05, 4.69) is 5.32 Å². The molecule has 21 heavy (non-hydrogen) atoms. The number of para-hydroxylation sites is 1. The van der Waals surface area contributed by atoms with Gasteiger partial charge in [-0.15, -0.1) is 0 Å². The summed E-state index contributed by atoms with van der Waals surface area (Å²) in [4.78, 5) is 11.9. The average Bonchev–Trinajstić information content (AvgIpc) is 2.49. The second kappa shape index (κ2) is 6.44. The smallest absolute Gasteiger partial charge is 0.266 e. The van der Waals surface area contributed by atoms with E-state index in [0.717, 1.165) is 12.1 Å². The van der Waals surface area contributed by atoms with Gasteiger partial charge in [0.1, 0.15) is 11.6 Å². The van der Waals surface area contributed by atoms with Gasteiger partial charge in [-0.3, -0.25) is 4.79 Å². The van der Waals surface area contributed by atoms with Gasteiger partial charge in [-0.05, 0) is 35.9 Å². The number of hydrogen-bond acceptors (Lipinski definition) is 2. The van der Waals surface area contributed by atoms with Crippen molar-refractivity contribution in [1.29, 1.82) is 5.26 Å². The van der Waals surface area contributed by atoms with Crippen molar-refractivity contribution in [2.24, 2.45) is 0 Å². The molecular formula is C16H10F2N2O. The Balaban J connectivity index is 2.22. The molecule has 0 atom stereocenters. The molecule has 2 aromatic carbocycles. The summed E-state index contributed by atoms with van der Waals surface area (Å²) in [6.45, 7) is 0. The van der Waals surface area contributed by atoms with E-state index < -0.39 is 17.5 Å². The molecule has 104 valence electrons. The number of hydrogen-bond donors (Lipinski definition) is 1. The van der Waals surface area contributed by atoms with E-state index in [9.17, 15) is 13.6 Å². The van der Waals surface area contributed by atoms with Gasteiger partial charge in [0.25, 0.3) is 5.91 Å². The molecule has 0 saturated carbocycles. The second-order valence-electron chi connectivity index (χ2n) is 4.16. The molecule has 3 nitrogen and oxygen atoms in total. The van der Waals surface area contributed by atoms with Crippen molar-refractivity contribution in [3.8, 4) is 6.07 Å². The van der Waals surface area contributed by atoms with E-state index in [1.165, 1.54) is 12.1 Å². The van der Waals surface area contributed by atoms with Gasteiger partial charge in [0.05, 0.1) is 0 Å². The molecule has 1 N–H and O–H groups in total. The number of nitrogens with one attached hydrogen (secondary N) is 1. The minimum atomic E-state index is -1.04. The molecule has 5 heteroatoms. The molecule has 0 heterocycles. The zero-order valence-corrected chi connectivity index (χ0v) is 10.8. The fourth-order valence-electron chi connectivity index (χ4n) is 1.64. The van der Waals surface area contributed by atoms with Gasteiger partial charge in [-0.2, -0.15) is 5.26 Å². The Hall–Kier alpha value is -3.00. The Morgan fingerprint density at radius 2 is 1.81 bits per heavy atom. The van der Waals surface area contributed by atoms with Crippen LogP contribution in [0.25, 0.3) is 6.08 Å². The molecular weight excluding hydrogens is 274 g/mol. The summed E-state index contributed by atoms with van der Waals surface area (Å²) < 4.78 is 25.9. The quantitative estimate of drug-likeness (QED) is 0.692. The first-order valence-corrected chi connectivity index (χ1v) is 6.03. The Labute approximate surface area is 120 Å². The van der Waals surface area contributed by atoms with Gasteiger partial charge in [0.2, 0.25) is 0 Å². The first kappa shape index (κ1) is 14.4. The summed E-state index contributed by atoms with van der Waals surface area (Å²) in [5.41, 5.74) is 0.562. The zero-order valence-electron chi connectivity index (χ0n) is 10.8. The highest BCUT2D eigenvalue weighted by atomic mass is 19.2. The summed E-state index contributed by atoms with van der Waals surface area (Å²) in [6.07, 6.45) is 1.20. The third-order valence-electron chi connectivity index (χ3n) is 2.65. The minimum Gasteiger partial charge on any atom is -0.321 e. The lowest BCUT2D eigenvalue weighted by Gasteiger charge is -2.03. The maximum atomic E-state index is 13.1. The van der Waals surface area contributed by atoms with Crippen molar-refractivity contribution in [1.82, 2.24) is 0 Å². The molecule has 2 aromatic rings. The van der Waals surface area contributed by atoms with Crippen LogP contribution in [-0.4, -0.2) is 5.91 Å². The molecule has 0 unspecified atom stereocenters. The highest BCUT2D eigenvalue weighted by Gasteiger charge is 2.10. The van der Waals surface area contributed by atoms with Crippen LogP contribution in [0.15, 0.2) is 54.1 Å². The van der Waals surface area contributed by atoms with E-state index in [-0.39, 0.29) is 11.1 Å². The number of rotatable bonds is 3. The predicted octanol–water partition coefficient (Wildman–Crippen LogP) is 3.51. The number of amides is 1. The first-order valence-electron chi connectivity index (χ1n) is 6.03. The van der Waals surface area contributed by atoms with Crippen LogP contribution in [0.1, 0.15) is 5.56 Å². The van der Waals surface area contributed by atoms with Crippen LogP contribution in [-0.2, 0) is 4.79 Å². The summed E-state index contributed by atoms with van der Waals surface area (Å²) >= 11 is 0. The molecule has 0 aliphatic carbocycles. The molecule has 2 rings (SSSR count). The molecule has 0 aromatic heterocycles. The van der Waals surface area contributed by atoms with E-state index in [4.69, 9.17) is 5.26 Å². The summed E-state index contributed by atoms with van der Waals surface area (Å²) in [5.74, 6) is -2.64. The Kier molecular flexibility index (Phi) is 4.42. The van der Waals surface area contributed by atoms with E-state index in [1.807, 2.05) is 0 Å². The molecule has 0 radical (unpaired) electrons. The topological polar surface area (TPSA) is 52.9 Å². The lowest BCUT2D eigenvalue weighted by atomic mass is 10.1. The van der Waals surface area contributed by atoms with Crippen molar-refractivity contribution in [2.45, 2.75) is 0 Å². The molecule has 0 aliphatic heterocycles. The van der Waals surface area contributed by atoms with Crippen LogP contribution in [0, 0.1) is 23.0 Å². The average molecular weight is 284 g/mol. The molecule has 0 bridgehead atoms. The number of nitrogens with zero attached hydrogens (tertiary/aromatic N) is 1. The van der Waals surface area contributed by atoms with Crippen LogP contribution in [0.4, 0.5) is 14.5 Å². The van der Waals surface area contributed by atoms with Crippen LogP contribution in [0.2, 0.25) is 0 Å². The summed E-state index contributed by atoms with van der Waals surface area (Å²) in [7, 11) is 0. The van der Waals surface area contributed by atoms with Crippen LogP contribution in [0.5, 0.6) is 0 Å². The molecule has 0 fully saturated rings. The normalized spacial score (nSPS) is 10.8. The number of halogens is 2. The number of nitriles is 1. The highest BCUT2D eigenvalue weighted by Crippen LogP contribution is 2.13. The van der Waals surface area contributed by atoms with Crippen LogP contribution >= 0.6 is 0 Å². The third kappa shape index (κ3) is 3.74. The van der Waals surface area contributed by atoms with Gasteiger partial charge >= 0.3 is 0 Å². The fraction of sp³-hybridized carbons (Fsp3) is 0. The van der Waals surface area contributed by atoms with E-state index in [1.54, 1.807) is 36.4 Å². The standard InChI is InChI=1S/C16H10F2N2O/c17-14-7-6-11(9-15(14)18)8-12(10-19)16(21)20-13-4-2-1-3-5-13/h1-9H,(H,20,21)/b12-8+. The SMILES string of the molecule is N#C/C(=C\c1ccc(F)c(F)c1)C(=O)Nc1ccccc1. The summed E-state index contributed by atoms with van der Waals surface area (Å²) in [6, 6.07) is 13.5. The lowest BCUT2D eigenvalue weighted by molar-refractivity contribution is -0.112. The largest absolute Gasteiger partial charge is 0.321 e. The maximum absolute atomic E-state index is 13.1. The van der Waals surface area contributed by atoms with Gasteiger partial charge in [0.15, 0.2) is 11.6 Å². The monoisotopic (exact) mass is 284 g/mol. The number of carbonyl (C=O) groups is 1. The summed E-state index contributed by atoms with van der Waals surface area (Å²) in [5, 5.41) is 11.6. The van der Waals surface area contributed by atoms with Crippen molar-refractivity contribution < 1.29 is 13.6 Å². The molecule has 0 spiro atoms. The number of carbonyl (C=O) groups excluding carboxylic acids is 1. The zero-order chi connectivity index (χ0) is 15.2. The maximum Gasteiger partial charge on any atom is 0.266 e. The van der Waals surface area contributed by atoms with E-state index >= 15 is 0 Å². The minimum absolute atomic E-state index is 0.204.